The van der Waals surface area contributed by atoms with E-state index in [-0.39, 0.29) is 11.6 Å². The maximum Gasteiger partial charge on any atom is 0.283 e. The van der Waals surface area contributed by atoms with Crippen LogP contribution in [0.1, 0.15) is 33.2 Å². The Morgan fingerprint density at radius 3 is 2.81 bits per heavy atom. The summed E-state index contributed by atoms with van der Waals surface area (Å²) in [7, 11) is 0. The van der Waals surface area contributed by atoms with Gasteiger partial charge in [0.1, 0.15) is 6.33 Å². The molecule has 16 heavy (non-hydrogen) atoms. The minimum absolute atomic E-state index is 0.112. The van der Waals surface area contributed by atoms with Crippen molar-refractivity contribution < 1.29 is 0 Å². The van der Waals surface area contributed by atoms with Crippen molar-refractivity contribution in [1.29, 1.82) is 0 Å². The zero-order valence-electron chi connectivity index (χ0n) is 9.71. The predicted molar refractivity (Wildman–Crippen MR) is 60.3 cm³/mol. The molecule has 0 spiro atoms. The van der Waals surface area contributed by atoms with E-state index in [9.17, 15) is 4.79 Å². The van der Waals surface area contributed by atoms with Crippen LogP contribution in [0, 0.1) is 0 Å². The summed E-state index contributed by atoms with van der Waals surface area (Å²) in [5.41, 5.74) is 0.802. The summed E-state index contributed by atoms with van der Waals surface area (Å²) in [6, 6.07) is 0.135. The van der Waals surface area contributed by atoms with E-state index in [0.29, 0.717) is 17.7 Å². The number of rotatable bonds is 3. The molecule has 0 amide bonds. The van der Waals surface area contributed by atoms with Gasteiger partial charge >= 0.3 is 0 Å². The molecule has 0 aromatic carbocycles. The Hall–Kier alpha value is -1.72. The average Bonchev–Trinajstić information content (AvgIpc) is 2.72. The molecule has 0 aliphatic rings. The lowest BCUT2D eigenvalue weighted by Gasteiger charge is -2.11. The highest BCUT2D eigenvalue weighted by Crippen LogP contribution is 2.08. The zero-order valence-corrected chi connectivity index (χ0v) is 9.71. The first kappa shape index (κ1) is 10.8. The van der Waals surface area contributed by atoms with Gasteiger partial charge in [-0.05, 0) is 20.3 Å². The van der Waals surface area contributed by atoms with Gasteiger partial charge in [-0.15, -0.1) is 5.10 Å². The van der Waals surface area contributed by atoms with Gasteiger partial charge in [0.05, 0.1) is 0 Å². The predicted octanol–water partition coefficient (Wildman–Crippen LogP) is 0.979. The fourth-order valence-electron chi connectivity index (χ4n) is 1.59. The second kappa shape index (κ2) is 4.03. The molecule has 6 heteroatoms. The molecule has 0 aliphatic carbocycles. The highest BCUT2D eigenvalue weighted by atomic mass is 16.1. The molecule has 2 heterocycles. The molecule has 1 unspecified atom stereocenters. The highest BCUT2D eigenvalue weighted by Gasteiger charge is 2.13. The third-order valence-electron chi connectivity index (χ3n) is 2.82. The van der Waals surface area contributed by atoms with Crippen LogP contribution >= 0.6 is 0 Å². The van der Waals surface area contributed by atoms with Crippen molar-refractivity contribution in [2.75, 3.05) is 0 Å². The molecule has 0 radical (unpaired) electrons. The molecule has 2 aromatic heterocycles. The third kappa shape index (κ3) is 1.50. The van der Waals surface area contributed by atoms with Gasteiger partial charge in [0, 0.05) is 12.6 Å². The summed E-state index contributed by atoms with van der Waals surface area (Å²) in [5, 5.41) is 7.78. The molecule has 0 N–H and O–H groups in total. The van der Waals surface area contributed by atoms with E-state index in [4.69, 9.17) is 0 Å². The van der Waals surface area contributed by atoms with Crippen LogP contribution in [0.5, 0.6) is 0 Å². The standard InChI is InChI=1S/C10H15N5O/c1-4-7(3)14-6-11-9-8(10(14)16)12-13-15(9)5-2/h6-7H,4-5H2,1-3H3. The van der Waals surface area contributed by atoms with Gasteiger partial charge in [0.25, 0.3) is 5.56 Å². The Morgan fingerprint density at radius 2 is 2.19 bits per heavy atom. The van der Waals surface area contributed by atoms with Crippen LogP contribution in [0.3, 0.4) is 0 Å². The van der Waals surface area contributed by atoms with Crippen LogP contribution in [-0.2, 0) is 6.54 Å². The lowest BCUT2D eigenvalue weighted by Crippen LogP contribution is -2.23. The number of hydrogen-bond donors (Lipinski definition) is 0. The van der Waals surface area contributed by atoms with Crippen molar-refractivity contribution in [3.63, 3.8) is 0 Å². The van der Waals surface area contributed by atoms with Crippen LogP contribution in [0.4, 0.5) is 0 Å². The van der Waals surface area contributed by atoms with E-state index in [1.54, 1.807) is 15.6 Å². The third-order valence-corrected chi connectivity index (χ3v) is 2.82. The number of nitrogens with zero attached hydrogens (tertiary/aromatic N) is 5. The van der Waals surface area contributed by atoms with Gasteiger partial charge in [-0.3, -0.25) is 9.36 Å². The molecule has 86 valence electrons. The first-order valence-electron chi connectivity index (χ1n) is 5.49. The Labute approximate surface area is 92.9 Å². The van der Waals surface area contributed by atoms with Gasteiger partial charge in [-0.1, -0.05) is 12.1 Å². The smallest absolute Gasteiger partial charge is 0.283 e. The molecule has 0 fully saturated rings. The van der Waals surface area contributed by atoms with Crippen LogP contribution < -0.4 is 5.56 Å². The monoisotopic (exact) mass is 221 g/mol. The van der Waals surface area contributed by atoms with Gasteiger partial charge in [-0.25, -0.2) is 9.67 Å². The molecule has 0 saturated heterocycles. The quantitative estimate of drug-likeness (QED) is 0.774. The fraction of sp³-hybridized carbons (Fsp3) is 0.600. The Morgan fingerprint density at radius 1 is 1.44 bits per heavy atom. The van der Waals surface area contributed by atoms with Gasteiger partial charge in [0.2, 0.25) is 0 Å². The minimum atomic E-state index is -0.112. The molecule has 6 nitrogen and oxygen atoms in total. The Kier molecular flexibility index (Phi) is 2.72. The van der Waals surface area contributed by atoms with Crippen molar-refractivity contribution in [2.45, 2.75) is 39.8 Å². The molecule has 0 aliphatic heterocycles. The maximum atomic E-state index is 12.1. The lowest BCUT2D eigenvalue weighted by atomic mass is 10.2. The molecule has 2 aromatic rings. The van der Waals surface area contributed by atoms with Crippen LogP contribution in [-0.4, -0.2) is 24.5 Å². The SMILES string of the molecule is CCC(C)n1cnc2c(nnn2CC)c1=O. The molecule has 0 saturated carbocycles. The van der Waals surface area contributed by atoms with Gasteiger partial charge in [0.15, 0.2) is 11.2 Å². The number of fused-ring (bicyclic) bond motifs is 1. The van der Waals surface area contributed by atoms with Crippen molar-refractivity contribution in [3.05, 3.63) is 16.7 Å². The zero-order chi connectivity index (χ0) is 11.7. The van der Waals surface area contributed by atoms with Crippen molar-refractivity contribution >= 4 is 11.2 Å². The summed E-state index contributed by atoms with van der Waals surface area (Å²) in [6.07, 6.45) is 2.46. The van der Waals surface area contributed by atoms with E-state index in [1.807, 2.05) is 20.8 Å². The van der Waals surface area contributed by atoms with Crippen LogP contribution in [0.15, 0.2) is 11.1 Å². The van der Waals surface area contributed by atoms with Gasteiger partial charge < -0.3 is 0 Å². The van der Waals surface area contributed by atoms with Crippen molar-refractivity contribution in [2.24, 2.45) is 0 Å². The summed E-state index contributed by atoms with van der Waals surface area (Å²) in [6.45, 7) is 6.62. The van der Waals surface area contributed by atoms with E-state index in [2.05, 4.69) is 15.3 Å². The Balaban J connectivity index is 2.67. The molecular weight excluding hydrogens is 206 g/mol. The van der Waals surface area contributed by atoms with Crippen molar-refractivity contribution in [3.8, 4) is 0 Å². The summed E-state index contributed by atoms with van der Waals surface area (Å²) in [4.78, 5) is 16.3. The summed E-state index contributed by atoms with van der Waals surface area (Å²) < 4.78 is 3.23. The molecule has 0 bridgehead atoms. The number of aryl methyl sites for hydroxylation is 1. The second-order valence-electron chi connectivity index (χ2n) is 3.79. The minimum Gasteiger partial charge on any atom is -0.294 e. The van der Waals surface area contributed by atoms with E-state index in [0.717, 1.165) is 6.42 Å². The maximum absolute atomic E-state index is 12.1. The van der Waals surface area contributed by atoms with Gasteiger partial charge in [-0.2, -0.15) is 0 Å². The average molecular weight is 221 g/mol. The molecular formula is C10H15N5O. The Bertz CT molecular complexity index is 556. The highest BCUT2D eigenvalue weighted by molar-refractivity contribution is 5.67. The van der Waals surface area contributed by atoms with E-state index >= 15 is 0 Å². The summed E-state index contributed by atoms with van der Waals surface area (Å²) >= 11 is 0. The largest absolute Gasteiger partial charge is 0.294 e. The molecule has 1 atom stereocenters. The first-order chi connectivity index (χ1) is 7.69. The van der Waals surface area contributed by atoms with Crippen molar-refractivity contribution in [1.82, 2.24) is 24.5 Å². The van der Waals surface area contributed by atoms with E-state index in [1.165, 1.54) is 0 Å². The lowest BCUT2D eigenvalue weighted by molar-refractivity contribution is 0.509. The normalized spacial score (nSPS) is 13.2. The first-order valence-corrected chi connectivity index (χ1v) is 5.49. The van der Waals surface area contributed by atoms with E-state index < -0.39 is 0 Å². The number of hydrogen-bond acceptors (Lipinski definition) is 4. The fourth-order valence-corrected chi connectivity index (χ4v) is 1.59. The molecule has 2 rings (SSSR count). The van der Waals surface area contributed by atoms with Crippen LogP contribution in [0.2, 0.25) is 0 Å². The summed E-state index contributed by atoms with van der Waals surface area (Å²) in [5.74, 6) is 0. The topological polar surface area (TPSA) is 65.6 Å². The second-order valence-corrected chi connectivity index (χ2v) is 3.79. The number of aromatic nitrogens is 5. The van der Waals surface area contributed by atoms with Crippen LogP contribution in [0.25, 0.3) is 11.2 Å².